The van der Waals surface area contributed by atoms with E-state index in [4.69, 9.17) is 4.74 Å². The molecule has 26 heavy (non-hydrogen) atoms. The van der Waals surface area contributed by atoms with E-state index < -0.39 is 6.04 Å². The molecule has 0 radical (unpaired) electrons. The second kappa shape index (κ2) is 7.58. The molecule has 2 N–H and O–H groups in total. The van der Waals surface area contributed by atoms with E-state index in [1.165, 1.54) is 12.1 Å². The van der Waals surface area contributed by atoms with Crippen molar-refractivity contribution in [3.05, 3.63) is 65.6 Å². The maximum Gasteiger partial charge on any atom is 0.242 e. The molecule has 6 heteroatoms. The number of nitrogens with zero attached hydrogens (tertiary/aromatic N) is 1. The van der Waals surface area contributed by atoms with Crippen molar-refractivity contribution >= 4 is 16.8 Å². The SMILES string of the molecule is COc1ccc2[nH]c(CNC(=O)[C@H](c3cccc(F)c3)N(C)C)cc2c1. The molecule has 3 rings (SSSR count). The van der Waals surface area contributed by atoms with Crippen LogP contribution in [0.1, 0.15) is 17.3 Å². The number of fused-ring (bicyclic) bond motifs is 1. The van der Waals surface area contributed by atoms with Crippen LogP contribution in [-0.2, 0) is 11.3 Å². The lowest BCUT2D eigenvalue weighted by Crippen LogP contribution is -2.36. The number of H-pyrrole nitrogens is 1. The Kier molecular flexibility index (Phi) is 5.23. The van der Waals surface area contributed by atoms with Crippen LogP contribution < -0.4 is 10.1 Å². The predicted molar refractivity (Wildman–Crippen MR) is 99.5 cm³/mol. The fourth-order valence-electron chi connectivity index (χ4n) is 3.03. The van der Waals surface area contributed by atoms with Gasteiger partial charge in [0.25, 0.3) is 0 Å². The van der Waals surface area contributed by atoms with Crippen LogP contribution in [0.4, 0.5) is 4.39 Å². The van der Waals surface area contributed by atoms with Crippen molar-refractivity contribution in [3.63, 3.8) is 0 Å². The first-order valence-corrected chi connectivity index (χ1v) is 8.33. The average molecular weight is 355 g/mol. The van der Waals surface area contributed by atoms with Crippen LogP contribution in [0.2, 0.25) is 0 Å². The Balaban J connectivity index is 1.74. The van der Waals surface area contributed by atoms with Crippen LogP contribution >= 0.6 is 0 Å². The van der Waals surface area contributed by atoms with Crippen molar-refractivity contribution in [2.24, 2.45) is 0 Å². The molecular weight excluding hydrogens is 333 g/mol. The Bertz CT molecular complexity index is 920. The number of hydrogen-bond acceptors (Lipinski definition) is 3. The van der Waals surface area contributed by atoms with Gasteiger partial charge < -0.3 is 15.0 Å². The first-order chi connectivity index (χ1) is 12.5. The van der Waals surface area contributed by atoms with Crippen molar-refractivity contribution in [2.45, 2.75) is 12.6 Å². The minimum atomic E-state index is -0.560. The summed E-state index contributed by atoms with van der Waals surface area (Å²) in [6, 6.07) is 13.3. The normalized spacial score (nSPS) is 12.3. The van der Waals surface area contributed by atoms with Crippen LogP contribution in [0, 0.1) is 5.82 Å². The minimum absolute atomic E-state index is 0.183. The maximum atomic E-state index is 13.5. The molecule has 0 bridgehead atoms. The second-order valence-corrected chi connectivity index (χ2v) is 6.39. The van der Waals surface area contributed by atoms with Gasteiger partial charge in [-0.25, -0.2) is 4.39 Å². The molecule has 0 saturated heterocycles. The number of ether oxygens (including phenoxy) is 1. The van der Waals surface area contributed by atoms with Crippen LogP contribution in [0.5, 0.6) is 5.75 Å². The van der Waals surface area contributed by atoms with Gasteiger partial charge in [0.05, 0.1) is 13.7 Å². The monoisotopic (exact) mass is 355 g/mol. The Labute approximate surface area is 151 Å². The zero-order valence-electron chi connectivity index (χ0n) is 15.0. The minimum Gasteiger partial charge on any atom is -0.497 e. The number of carbonyl (C=O) groups excluding carboxylic acids is 1. The Morgan fingerprint density at radius 3 is 2.73 bits per heavy atom. The van der Waals surface area contributed by atoms with Crippen molar-refractivity contribution in [1.82, 2.24) is 15.2 Å². The van der Waals surface area contributed by atoms with E-state index in [-0.39, 0.29) is 11.7 Å². The van der Waals surface area contributed by atoms with E-state index in [2.05, 4.69) is 10.3 Å². The summed E-state index contributed by atoms with van der Waals surface area (Å²) >= 11 is 0. The number of halogens is 1. The molecule has 1 amide bonds. The molecule has 2 aromatic carbocycles. The highest BCUT2D eigenvalue weighted by Crippen LogP contribution is 2.22. The molecule has 0 spiro atoms. The number of benzene rings is 2. The second-order valence-electron chi connectivity index (χ2n) is 6.39. The van der Waals surface area contributed by atoms with Gasteiger partial charge in [-0.1, -0.05) is 12.1 Å². The number of aromatic nitrogens is 1. The van der Waals surface area contributed by atoms with E-state index >= 15 is 0 Å². The summed E-state index contributed by atoms with van der Waals surface area (Å²) in [5.41, 5.74) is 2.48. The van der Waals surface area contributed by atoms with Crippen LogP contribution in [-0.4, -0.2) is 37.0 Å². The summed E-state index contributed by atoms with van der Waals surface area (Å²) in [5.74, 6) is 0.245. The molecule has 1 atom stereocenters. The number of amides is 1. The summed E-state index contributed by atoms with van der Waals surface area (Å²) in [6.07, 6.45) is 0. The third-order valence-electron chi connectivity index (χ3n) is 4.27. The smallest absolute Gasteiger partial charge is 0.242 e. The molecule has 1 heterocycles. The quantitative estimate of drug-likeness (QED) is 0.714. The van der Waals surface area contributed by atoms with E-state index in [9.17, 15) is 9.18 Å². The van der Waals surface area contributed by atoms with E-state index in [1.54, 1.807) is 38.2 Å². The molecule has 0 saturated carbocycles. The zero-order valence-corrected chi connectivity index (χ0v) is 15.0. The lowest BCUT2D eigenvalue weighted by atomic mass is 10.1. The van der Waals surface area contributed by atoms with Crippen molar-refractivity contribution in [1.29, 1.82) is 0 Å². The van der Waals surface area contributed by atoms with Gasteiger partial charge in [-0.2, -0.15) is 0 Å². The van der Waals surface area contributed by atoms with E-state index in [0.717, 1.165) is 22.3 Å². The lowest BCUT2D eigenvalue weighted by molar-refractivity contribution is -0.126. The molecule has 1 aromatic heterocycles. The predicted octanol–water partition coefficient (Wildman–Crippen LogP) is 3.23. The Morgan fingerprint density at radius 1 is 1.23 bits per heavy atom. The molecule has 0 aliphatic carbocycles. The molecule has 5 nitrogen and oxygen atoms in total. The number of methoxy groups -OCH3 is 1. The zero-order chi connectivity index (χ0) is 18.7. The fraction of sp³-hybridized carbons (Fsp3) is 0.250. The van der Waals surface area contributed by atoms with Crippen molar-refractivity contribution in [3.8, 4) is 5.75 Å². The third-order valence-corrected chi connectivity index (χ3v) is 4.27. The third kappa shape index (κ3) is 3.86. The largest absolute Gasteiger partial charge is 0.497 e. The highest BCUT2D eigenvalue weighted by atomic mass is 19.1. The average Bonchev–Trinajstić information content (AvgIpc) is 3.01. The van der Waals surface area contributed by atoms with E-state index in [0.29, 0.717) is 12.1 Å². The Morgan fingerprint density at radius 2 is 2.04 bits per heavy atom. The highest BCUT2D eigenvalue weighted by molar-refractivity contribution is 5.84. The summed E-state index contributed by atoms with van der Waals surface area (Å²) in [6.45, 7) is 0.357. The number of rotatable bonds is 6. The maximum absolute atomic E-state index is 13.5. The summed E-state index contributed by atoms with van der Waals surface area (Å²) < 4.78 is 18.7. The highest BCUT2D eigenvalue weighted by Gasteiger charge is 2.23. The standard InChI is InChI=1S/C20H22FN3O2/c1-24(2)19(13-5-4-6-15(21)9-13)20(25)22-12-16-10-14-11-17(26-3)7-8-18(14)23-16/h4-11,19,23H,12H2,1-3H3,(H,22,25)/t19-/m0/s1. The molecular formula is C20H22FN3O2. The van der Waals surface area contributed by atoms with Crippen LogP contribution in [0.15, 0.2) is 48.5 Å². The summed E-state index contributed by atoms with van der Waals surface area (Å²) in [4.78, 5) is 17.7. The first-order valence-electron chi connectivity index (χ1n) is 8.33. The van der Waals surface area contributed by atoms with Crippen LogP contribution in [0.3, 0.4) is 0 Å². The van der Waals surface area contributed by atoms with Gasteiger partial charge in [0.1, 0.15) is 17.6 Å². The fourth-order valence-corrected chi connectivity index (χ4v) is 3.03. The van der Waals surface area contributed by atoms with Gasteiger partial charge in [-0.3, -0.25) is 9.69 Å². The molecule has 0 aliphatic heterocycles. The number of hydrogen-bond donors (Lipinski definition) is 2. The van der Waals surface area contributed by atoms with Gasteiger partial charge in [-0.05, 0) is 56.1 Å². The van der Waals surface area contributed by atoms with Gasteiger partial charge in [0, 0.05) is 16.6 Å². The molecule has 0 aliphatic rings. The van der Waals surface area contributed by atoms with Gasteiger partial charge >= 0.3 is 0 Å². The molecule has 3 aromatic rings. The first kappa shape index (κ1) is 17.9. The molecule has 0 fully saturated rings. The Hall–Kier alpha value is -2.86. The van der Waals surface area contributed by atoms with Gasteiger partial charge in [0.2, 0.25) is 5.91 Å². The van der Waals surface area contributed by atoms with Crippen molar-refractivity contribution < 1.29 is 13.9 Å². The number of carbonyl (C=O) groups is 1. The van der Waals surface area contributed by atoms with Crippen LogP contribution in [0.25, 0.3) is 10.9 Å². The number of aromatic amines is 1. The molecule has 0 unspecified atom stereocenters. The van der Waals surface area contributed by atoms with Gasteiger partial charge in [-0.15, -0.1) is 0 Å². The van der Waals surface area contributed by atoms with Crippen molar-refractivity contribution in [2.75, 3.05) is 21.2 Å². The molecule has 136 valence electrons. The number of likely N-dealkylation sites (N-methyl/N-ethyl adjacent to an activating group) is 1. The number of nitrogens with one attached hydrogen (secondary N) is 2. The van der Waals surface area contributed by atoms with E-state index in [1.807, 2.05) is 24.3 Å². The topological polar surface area (TPSA) is 57.4 Å². The summed E-state index contributed by atoms with van der Waals surface area (Å²) in [5, 5.41) is 3.94. The summed E-state index contributed by atoms with van der Waals surface area (Å²) in [7, 11) is 5.22. The lowest BCUT2D eigenvalue weighted by Gasteiger charge is -2.23. The van der Waals surface area contributed by atoms with Gasteiger partial charge in [0.15, 0.2) is 0 Å².